The maximum Gasteiger partial charge on any atom is 0.573 e. The van der Waals surface area contributed by atoms with Gasteiger partial charge in [0.2, 0.25) is 0 Å². The van der Waals surface area contributed by atoms with Crippen molar-refractivity contribution in [1.29, 1.82) is 0 Å². The van der Waals surface area contributed by atoms with Crippen LogP contribution in [0.2, 0.25) is 0 Å². The number of carbonyl (C=O) groups is 2. The van der Waals surface area contributed by atoms with E-state index in [1.54, 1.807) is 20.8 Å². The number of alkyl carbamates (subject to hydrolysis) is 1. The van der Waals surface area contributed by atoms with Crippen LogP contribution in [0.1, 0.15) is 36.8 Å². The van der Waals surface area contributed by atoms with E-state index in [2.05, 4.69) is 25.5 Å². The second-order valence-electron chi connectivity index (χ2n) is 7.89. The van der Waals surface area contributed by atoms with Gasteiger partial charge in [0.05, 0.1) is 28.9 Å². The van der Waals surface area contributed by atoms with Crippen LogP contribution in [0.4, 0.5) is 18.0 Å². The summed E-state index contributed by atoms with van der Waals surface area (Å²) in [5.74, 6) is -0.789. The van der Waals surface area contributed by atoms with Crippen LogP contribution in [-0.4, -0.2) is 45.8 Å². The summed E-state index contributed by atoms with van der Waals surface area (Å²) in [7, 11) is 1.47. The van der Waals surface area contributed by atoms with Crippen LogP contribution < -0.4 is 15.4 Å². The third-order valence-electron chi connectivity index (χ3n) is 4.23. The number of nitrogens with zero attached hydrogens (tertiary/aromatic N) is 3. The molecule has 1 aromatic carbocycles. The Morgan fingerprint density at radius 1 is 1.09 bits per heavy atom. The Morgan fingerprint density at radius 3 is 2.33 bits per heavy atom. The highest BCUT2D eigenvalue weighted by atomic mass is 19.4. The monoisotopic (exact) mass is 465 g/mol. The fourth-order valence-electron chi connectivity index (χ4n) is 3.00. The topological polar surface area (TPSA) is 107 Å². The molecule has 0 radical (unpaired) electrons. The Hall–Kier alpha value is -3.83. The molecule has 33 heavy (non-hydrogen) atoms. The SMILES string of the molecule is CNC(=O)c1ccnc2c1c(CNC(=O)OC(C)(C)C)nn2-c1ccc(OC(F)(F)F)cc1. The van der Waals surface area contributed by atoms with Crippen LogP contribution in [0.3, 0.4) is 0 Å². The van der Waals surface area contributed by atoms with E-state index in [1.807, 2.05) is 0 Å². The quantitative estimate of drug-likeness (QED) is 0.595. The zero-order chi connectivity index (χ0) is 24.4. The van der Waals surface area contributed by atoms with Crippen molar-refractivity contribution < 1.29 is 32.2 Å². The third-order valence-corrected chi connectivity index (χ3v) is 4.23. The first-order valence-corrected chi connectivity index (χ1v) is 9.79. The van der Waals surface area contributed by atoms with Crippen molar-refractivity contribution in [1.82, 2.24) is 25.4 Å². The number of ether oxygens (including phenoxy) is 2. The van der Waals surface area contributed by atoms with Crippen molar-refractivity contribution in [3.63, 3.8) is 0 Å². The number of alkyl halides is 3. The van der Waals surface area contributed by atoms with E-state index in [9.17, 15) is 22.8 Å². The van der Waals surface area contributed by atoms with Gasteiger partial charge in [0.15, 0.2) is 5.65 Å². The number of halogens is 3. The normalized spacial score (nSPS) is 11.8. The van der Waals surface area contributed by atoms with Crippen LogP contribution in [0.25, 0.3) is 16.7 Å². The molecule has 2 N–H and O–H groups in total. The lowest BCUT2D eigenvalue weighted by Crippen LogP contribution is -2.32. The molecular weight excluding hydrogens is 443 g/mol. The largest absolute Gasteiger partial charge is 0.573 e. The zero-order valence-electron chi connectivity index (χ0n) is 18.3. The molecule has 0 unspecified atom stereocenters. The minimum absolute atomic E-state index is 0.0800. The van der Waals surface area contributed by atoms with Crippen molar-refractivity contribution in [3.8, 4) is 11.4 Å². The number of amides is 2. The molecule has 0 saturated heterocycles. The molecule has 0 atom stereocenters. The Balaban J connectivity index is 2.02. The van der Waals surface area contributed by atoms with Crippen LogP contribution >= 0.6 is 0 Å². The Bertz CT molecular complexity index is 1170. The maximum atomic E-state index is 12.5. The minimum Gasteiger partial charge on any atom is -0.444 e. The van der Waals surface area contributed by atoms with Gasteiger partial charge in [-0.2, -0.15) is 5.10 Å². The standard InChI is InChI=1S/C21H22F3N5O4/c1-20(2,3)33-19(31)27-11-15-16-14(18(30)25-4)9-10-26-17(16)29(28-15)12-5-7-13(8-6-12)32-21(22,23)24/h5-10H,11H2,1-4H3,(H,25,30)(H,27,31). The van der Waals surface area contributed by atoms with Crippen molar-refractivity contribution in [2.75, 3.05) is 7.05 Å². The van der Waals surface area contributed by atoms with Gasteiger partial charge in [-0.05, 0) is 51.1 Å². The Kier molecular flexibility index (Phi) is 6.47. The summed E-state index contributed by atoms with van der Waals surface area (Å²) in [6.45, 7) is 5.08. The van der Waals surface area contributed by atoms with Gasteiger partial charge in [-0.25, -0.2) is 14.5 Å². The molecule has 0 fully saturated rings. The molecule has 176 valence electrons. The predicted octanol–water partition coefficient (Wildman–Crippen LogP) is 3.70. The molecule has 0 aliphatic rings. The van der Waals surface area contributed by atoms with Gasteiger partial charge in [-0.1, -0.05) is 0 Å². The van der Waals surface area contributed by atoms with E-state index in [1.165, 1.54) is 36.1 Å². The summed E-state index contributed by atoms with van der Waals surface area (Å²) in [4.78, 5) is 28.8. The second-order valence-corrected chi connectivity index (χ2v) is 7.89. The van der Waals surface area contributed by atoms with Gasteiger partial charge in [-0.3, -0.25) is 4.79 Å². The summed E-state index contributed by atoms with van der Waals surface area (Å²) in [5.41, 5.74) is 0.534. The number of fused-ring (bicyclic) bond motifs is 1. The Morgan fingerprint density at radius 2 is 1.76 bits per heavy atom. The van der Waals surface area contributed by atoms with E-state index in [0.29, 0.717) is 16.8 Å². The Labute approximate surface area is 186 Å². The van der Waals surface area contributed by atoms with Gasteiger partial charge in [0, 0.05) is 13.2 Å². The molecule has 2 amide bonds. The highest BCUT2D eigenvalue weighted by molar-refractivity contribution is 6.06. The van der Waals surface area contributed by atoms with Gasteiger partial charge in [-0.15, -0.1) is 13.2 Å². The number of aromatic nitrogens is 3. The number of benzene rings is 1. The lowest BCUT2D eigenvalue weighted by Gasteiger charge is -2.19. The number of nitrogens with one attached hydrogen (secondary N) is 2. The van der Waals surface area contributed by atoms with Gasteiger partial charge in [0.25, 0.3) is 5.91 Å². The van der Waals surface area contributed by atoms with Gasteiger partial charge in [0.1, 0.15) is 11.4 Å². The molecule has 3 aromatic rings. The van der Waals surface area contributed by atoms with Crippen LogP contribution in [0.15, 0.2) is 36.5 Å². The first kappa shape index (κ1) is 23.8. The predicted molar refractivity (Wildman–Crippen MR) is 112 cm³/mol. The summed E-state index contributed by atoms with van der Waals surface area (Å²) in [6.07, 6.45) is -4.08. The molecule has 2 heterocycles. The van der Waals surface area contributed by atoms with E-state index in [0.717, 1.165) is 12.1 Å². The van der Waals surface area contributed by atoms with E-state index in [-0.39, 0.29) is 17.8 Å². The van der Waals surface area contributed by atoms with E-state index in [4.69, 9.17) is 4.74 Å². The molecule has 2 aromatic heterocycles. The molecule has 0 spiro atoms. The molecule has 0 bridgehead atoms. The summed E-state index contributed by atoms with van der Waals surface area (Å²) in [5, 5.41) is 9.95. The number of hydrogen-bond acceptors (Lipinski definition) is 6. The van der Waals surface area contributed by atoms with Crippen LogP contribution in [0, 0.1) is 0 Å². The summed E-state index contributed by atoms with van der Waals surface area (Å²) >= 11 is 0. The fraction of sp³-hybridized carbons (Fsp3) is 0.333. The number of rotatable bonds is 5. The molecule has 0 saturated carbocycles. The molecule has 0 aliphatic heterocycles. The maximum absolute atomic E-state index is 12.5. The summed E-state index contributed by atoms with van der Waals surface area (Å²) in [6, 6.07) is 6.51. The first-order valence-electron chi connectivity index (χ1n) is 9.79. The van der Waals surface area contributed by atoms with Crippen molar-refractivity contribution in [2.24, 2.45) is 0 Å². The minimum atomic E-state index is -4.82. The smallest absolute Gasteiger partial charge is 0.444 e. The molecule has 0 aliphatic carbocycles. The highest BCUT2D eigenvalue weighted by Crippen LogP contribution is 2.27. The van der Waals surface area contributed by atoms with E-state index >= 15 is 0 Å². The molecular formula is C21H22F3N5O4. The van der Waals surface area contributed by atoms with Gasteiger partial charge < -0.3 is 20.1 Å². The zero-order valence-corrected chi connectivity index (χ0v) is 18.3. The van der Waals surface area contributed by atoms with Crippen LogP contribution in [0.5, 0.6) is 5.75 Å². The summed E-state index contributed by atoms with van der Waals surface area (Å²) < 4.78 is 47.8. The van der Waals surface area contributed by atoms with Gasteiger partial charge >= 0.3 is 12.5 Å². The average Bonchev–Trinajstić information content (AvgIpc) is 3.09. The van der Waals surface area contributed by atoms with E-state index < -0.39 is 29.7 Å². The molecule has 9 nitrogen and oxygen atoms in total. The fourth-order valence-corrected chi connectivity index (χ4v) is 3.00. The molecule has 12 heteroatoms. The highest BCUT2D eigenvalue weighted by Gasteiger charge is 2.31. The average molecular weight is 465 g/mol. The van der Waals surface area contributed by atoms with Crippen LogP contribution in [-0.2, 0) is 11.3 Å². The van der Waals surface area contributed by atoms with Crippen molar-refractivity contribution in [3.05, 3.63) is 47.8 Å². The third kappa shape index (κ3) is 5.90. The second kappa shape index (κ2) is 8.96. The molecule has 3 rings (SSSR count). The number of carbonyl (C=O) groups excluding carboxylic acids is 2. The lowest BCUT2D eigenvalue weighted by molar-refractivity contribution is -0.274. The van der Waals surface area contributed by atoms with Crippen molar-refractivity contribution >= 4 is 23.0 Å². The number of hydrogen-bond donors (Lipinski definition) is 2. The number of pyridine rings is 1. The van der Waals surface area contributed by atoms with Crippen molar-refractivity contribution in [2.45, 2.75) is 39.3 Å². The first-order chi connectivity index (χ1) is 15.4. The lowest BCUT2D eigenvalue weighted by atomic mass is 10.1.